The summed E-state index contributed by atoms with van der Waals surface area (Å²) >= 11 is 0. The number of benzene rings is 1. The van der Waals surface area contributed by atoms with E-state index in [2.05, 4.69) is 0 Å². The highest BCUT2D eigenvalue weighted by Gasteiger charge is 2.29. The van der Waals surface area contributed by atoms with Gasteiger partial charge < -0.3 is 15.2 Å². The Kier molecular flexibility index (Phi) is 3.52. The molecule has 0 saturated heterocycles. The molecule has 94 valence electrons. The Labute approximate surface area is 101 Å². The predicted octanol–water partition coefficient (Wildman–Crippen LogP) is 2.38. The number of nitrogens with two attached hydrogens (primary N) is 1. The Balaban J connectivity index is 2.35. The lowest BCUT2D eigenvalue weighted by Gasteiger charge is -2.23. The molecule has 1 aliphatic rings. The van der Waals surface area contributed by atoms with Crippen LogP contribution in [0.2, 0.25) is 0 Å². The van der Waals surface area contributed by atoms with E-state index in [1.165, 1.54) is 0 Å². The van der Waals surface area contributed by atoms with E-state index in [0.29, 0.717) is 36.7 Å². The van der Waals surface area contributed by atoms with Crippen molar-refractivity contribution < 1.29 is 13.9 Å². The fourth-order valence-electron chi connectivity index (χ4n) is 1.91. The molecule has 17 heavy (non-hydrogen) atoms. The highest BCUT2D eigenvalue weighted by Crippen LogP contribution is 2.36. The van der Waals surface area contributed by atoms with Gasteiger partial charge in [0.15, 0.2) is 11.5 Å². The number of fused-ring (bicyclic) bond motifs is 1. The zero-order chi connectivity index (χ0) is 12.3. The summed E-state index contributed by atoms with van der Waals surface area (Å²) in [5.41, 5.74) is 4.59. The lowest BCUT2D eigenvalue weighted by molar-refractivity contribution is 0.168. The van der Waals surface area contributed by atoms with Crippen molar-refractivity contribution >= 4 is 0 Å². The monoisotopic (exact) mass is 239 g/mol. The van der Waals surface area contributed by atoms with Crippen LogP contribution in [-0.4, -0.2) is 19.8 Å². The summed E-state index contributed by atoms with van der Waals surface area (Å²) in [6.07, 6.45) is 1.19. The zero-order valence-corrected chi connectivity index (χ0v) is 10.0. The van der Waals surface area contributed by atoms with Crippen molar-refractivity contribution in [2.75, 3.05) is 19.8 Å². The number of alkyl halides is 1. The van der Waals surface area contributed by atoms with Gasteiger partial charge in [-0.1, -0.05) is 13.0 Å². The van der Waals surface area contributed by atoms with Gasteiger partial charge >= 0.3 is 0 Å². The molecule has 0 fully saturated rings. The molecule has 2 rings (SSSR count). The molecule has 1 aromatic carbocycles. The van der Waals surface area contributed by atoms with E-state index in [0.717, 1.165) is 6.42 Å². The molecule has 1 unspecified atom stereocenters. The fourth-order valence-corrected chi connectivity index (χ4v) is 1.91. The standard InChI is InChI=1S/C13H18FNO2/c1-2-13(14,9-15)10-4-5-11-12(8-10)17-7-3-6-16-11/h4-5,8H,2-3,6-7,9,15H2,1H3. The lowest BCUT2D eigenvalue weighted by Crippen LogP contribution is -2.29. The third kappa shape index (κ3) is 2.36. The first-order valence-corrected chi connectivity index (χ1v) is 5.99. The Morgan fingerprint density at radius 2 is 2.00 bits per heavy atom. The first kappa shape index (κ1) is 12.2. The largest absolute Gasteiger partial charge is 0.490 e. The maximum atomic E-state index is 14.4. The SMILES string of the molecule is CCC(F)(CN)c1ccc2c(c1)OCCCO2. The van der Waals surface area contributed by atoms with E-state index in [1.54, 1.807) is 25.1 Å². The highest BCUT2D eigenvalue weighted by molar-refractivity contribution is 5.45. The average molecular weight is 239 g/mol. The average Bonchev–Trinajstić information content (AvgIpc) is 2.62. The van der Waals surface area contributed by atoms with Crippen LogP contribution in [0.3, 0.4) is 0 Å². The molecule has 1 heterocycles. The van der Waals surface area contributed by atoms with Gasteiger partial charge in [-0.05, 0) is 24.1 Å². The van der Waals surface area contributed by atoms with E-state index in [4.69, 9.17) is 15.2 Å². The van der Waals surface area contributed by atoms with E-state index in [9.17, 15) is 4.39 Å². The molecule has 2 N–H and O–H groups in total. The van der Waals surface area contributed by atoms with Gasteiger partial charge in [0.2, 0.25) is 0 Å². The molecule has 0 radical (unpaired) electrons. The van der Waals surface area contributed by atoms with Gasteiger partial charge in [-0.3, -0.25) is 0 Å². The number of hydrogen-bond donors (Lipinski definition) is 1. The molecule has 1 aromatic rings. The Morgan fingerprint density at radius 3 is 2.65 bits per heavy atom. The molecule has 3 nitrogen and oxygen atoms in total. The molecule has 0 bridgehead atoms. The summed E-state index contributed by atoms with van der Waals surface area (Å²) < 4.78 is 25.5. The third-order valence-electron chi connectivity index (χ3n) is 3.15. The van der Waals surface area contributed by atoms with Crippen molar-refractivity contribution in [2.45, 2.75) is 25.4 Å². The van der Waals surface area contributed by atoms with Crippen LogP contribution in [0.4, 0.5) is 4.39 Å². The summed E-state index contributed by atoms with van der Waals surface area (Å²) in [5.74, 6) is 1.30. The molecule has 0 aliphatic carbocycles. The van der Waals surface area contributed by atoms with Gasteiger partial charge in [0.25, 0.3) is 0 Å². The van der Waals surface area contributed by atoms with Crippen molar-refractivity contribution in [1.82, 2.24) is 0 Å². The molecule has 0 saturated carbocycles. The Morgan fingerprint density at radius 1 is 1.29 bits per heavy atom. The van der Waals surface area contributed by atoms with Crippen LogP contribution in [0.15, 0.2) is 18.2 Å². The van der Waals surface area contributed by atoms with E-state index in [-0.39, 0.29) is 6.54 Å². The van der Waals surface area contributed by atoms with Crippen molar-refractivity contribution in [2.24, 2.45) is 5.73 Å². The highest BCUT2D eigenvalue weighted by atomic mass is 19.1. The normalized spacial score (nSPS) is 18.3. The second kappa shape index (κ2) is 4.92. The second-order valence-corrected chi connectivity index (χ2v) is 4.23. The lowest BCUT2D eigenvalue weighted by atomic mass is 9.93. The van der Waals surface area contributed by atoms with Gasteiger partial charge in [-0.2, -0.15) is 0 Å². The van der Waals surface area contributed by atoms with Gasteiger partial charge in [-0.25, -0.2) is 4.39 Å². The van der Waals surface area contributed by atoms with Gasteiger partial charge in [-0.15, -0.1) is 0 Å². The van der Waals surface area contributed by atoms with Crippen molar-refractivity contribution in [3.8, 4) is 11.5 Å². The smallest absolute Gasteiger partial charge is 0.161 e. The second-order valence-electron chi connectivity index (χ2n) is 4.23. The molecular weight excluding hydrogens is 221 g/mol. The molecular formula is C13H18FNO2. The van der Waals surface area contributed by atoms with Crippen LogP contribution < -0.4 is 15.2 Å². The number of rotatable bonds is 3. The number of halogens is 1. The number of hydrogen-bond acceptors (Lipinski definition) is 3. The van der Waals surface area contributed by atoms with Crippen LogP contribution in [-0.2, 0) is 5.67 Å². The molecule has 1 atom stereocenters. The third-order valence-corrected chi connectivity index (χ3v) is 3.15. The molecule has 0 spiro atoms. The summed E-state index contributed by atoms with van der Waals surface area (Å²) in [4.78, 5) is 0. The summed E-state index contributed by atoms with van der Waals surface area (Å²) in [5, 5.41) is 0. The topological polar surface area (TPSA) is 44.5 Å². The minimum absolute atomic E-state index is 0.0247. The Hall–Kier alpha value is -1.29. The minimum atomic E-state index is -1.48. The first-order valence-electron chi connectivity index (χ1n) is 5.99. The molecule has 4 heteroatoms. The zero-order valence-electron chi connectivity index (χ0n) is 10.0. The minimum Gasteiger partial charge on any atom is -0.490 e. The van der Waals surface area contributed by atoms with Crippen LogP contribution in [0.1, 0.15) is 25.3 Å². The maximum Gasteiger partial charge on any atom is 0.161 e. The van der Waals surface area contributed by atoms with Crippen LogP contribution in [0.5, 0.6) is 11.5 Å². The van der Waals surface area contributed by atoms with Gasteiger partial charge in [0.1, 0.15) is 5.67 Å². The van der Waals surface area contributed by atoms with E-state index in [1.807, 2.05) is 0 Å². The van der Waals surface area contributed by atoms with Crippen LogP contribution in [0.25, 0.3) is 0 Å². The summed E-state index contributed by atoms with van der Waals surface area (Å²) in [7, 11) is 0. The van der Waals surface area contributed by atoms with E-state index < -0.39 is 5.67 Å². The molecule has 1 aliphatic heterocycles. The number of ether oxygens (including phenoxy) is 2. The predicted molar refractivity (Wildman–Crippen MR) is 64.2 cm³/mol. The van der Waals surface area contributed by atoms with Crippen LogP contribution >= 0.6 is 0 Å². The molecule has 0 aromatic heterocycles. The maximum absolute atomic E-state index is 14.4. The van der Waals surface area contributed by atoms with Crippen molar-refractivity contribution in [3.63, 3.8) is 0 Å². The van der Waals surface area contributed by atoms with Crippen LogP contribution in [0, 0.1) is 0 Å². The molecule has 0 amide bonds. The van der Waals surface area contributed by atoms with Crippen molar-refractivity contribution in [3.05, 3.63) is 23.8 Å². The quantitative estimate of drug-likeness (QED) is 0.880. The first-order chi connectivity index (χ1) is 8.19. The van der Waals surface area contributed by atoms with Gasteiger partial charge in [0, 0.05) is 13.0 Å². The summed E-state index contributed by atoms with van der Waals surface area (Å²) in [6, 6.07) is 5.19. The van der Waals surface area contributed by atoms with Crippen molar-refractivity contribution in [1.29, 1.82) is 0 Å². The fraction of sp³-hybridized carbons (Fsp3) is 0.538. The summed E-state index contributed by atoms with van der Waals surface area (Å²) in [6.45, 7) is 3.00. The Bertz CT molecular complexity index is 391. The van der Waals surface area contributed by atoms with E-state index >= 15 is 0 Å². The van der Waals surface area contributed by atoms with Gasteiger partial charge in [0.05, 0.1) is 13.2 Å².